The normalized spacial score (nSPS) is 13.3. The number of halogens is 3. The van der Waals surface area contributed by atoms with Gasteiger partial charge in [0.15, 0.2) is 0 Å². The Bertz CT molecular complexity index is 549. The van der Waals surface area contributed by atoms with Crippen molar-refractivity contribution in [3.63, 3.8) is 0 Å². The highest BCUT2D eigenvalue weighted by molar-refractivity contribution is 5.84. The highest BCUT2D eigenvalue weighted by atomic mass is 19.4. The van der Waals surface area contributed by atoms with E-state index in [0.29, 0.717) is 11.2 Å². The number of alkyl halides is 3. The van der Waals surface area contributed by atoms with Crippen LogP contribution >= 0.6 is 0 Å². The van der Waals surface area contributed by atoms with E-state index < -0.39 is 17.3 Å². The molecule has 2 aromatic rings. The van der Waals surface area contributed by atoms with E-state index >= 15 is 0 Å². The van der Waals surface area contributed by atoms with Crippen LogP contribution in [0.2, 0.25) is 0 Å². The van der Waals surface area contributed by atoms with Crippen molar-refractivity contribution in [1.82, 2.24) is 4.98 Å². The summed E-state index contributed by atoms with van der Waals surface area (Å²) in [6, 6.07) is 5.28. The van der Waals surface area contributed by atoms with Crippen LogP contribution in [0.3, 0.4) is 0 Å². The van der Waals surface area contributed by atoms with Crippen molar-refractivity contribution in [2.24, 2.45) is 0 Å². The SMILES string of the molecule is CC(C)(O)c1cc2c(C(F)(F)F)cccc2[nH]1. The Morgan fingerprint density at radius 2 is 1.82 bits per heavy atom. The number of aromatic amines is 1. The van der Waals surface area contributed by atoms with Crippen molar-refractivity contribution in [3.8, 4) is 0 Å². The fourth-order valence-corrected chi connectivity index (χ4v) is 1.73. The minimum absolute atomic E-state index is 0.0807. The predicted octanol–water partition coefficient (Wildman–Crippen LogP) is 3.41. The molecule has 2 N–H and O–H groups in total. The summed E-state index contributed by atoms with van der Waals surface area (Å²) in [6.07, 6.45) is -4.39. The third-order valence-corrected chi connectivity index (χ3v) is 2.63. The zero-order chi connectivity index (χ0) is 12.8. The molecule has 0 saturated heterocycles. The molecular formula is C12H12F3NO. The van der Waals surface area contributed by atoms with Crippen LogP contribution < -0.4 is 0 Å². The van der Waals surface area contributed by atoms with Gasteiger partial charge in [-0.25, -0.2) is 0 Å². The second-order valence-corrected chi connectivity index (χ2v) is 4.51. The van der Waals surface area contributed by atoms with Gasteiger partial charge in [0.25, 0.3) is 0 Å². The summed E-state index contributed by atoms with van der Waals surface area (Å²) >= 11 is 0. The summed E-state index contributed by atoms with van der Waals surface area (Å²) in [5.74, 6) is 0. The quantitative estimate of drug-likeness (QED) is 0.791. The third kappa shape index (κ3) is 2.15. The van der Waals surface area contributed by atoms with Gasteiger partial charge >= 0.3 is 6.18 Å². The van der Waals surface area contributed by atoms with E-state index in [1.165, 1.54) is 26.0 Å². The van der Waals surface area contributed by atoms with Gasteiger partial charge < -0.3 is 10.1 Å². The second kappa shape index (κ2) is 3.50. The zero-order valence-corrected chi connectivity index (χ0v) is 9.39. The molecule has 0 saturated carbocycles. The van der Waals surface area contributed by atoms with E-state index in [-0.39, 0.29) is 5.39 Å². The molecule has 2 rings (SSSR count). The van der Waals surface area contributed by atoms with Crippen LogP contribution in [0, 0.1) is 0 Å². The molecular weight excluding hydrogens is 231 g/mol. The van der Waals surface area contributed by atoms with E-state index in [1.54, 1.807) is 6.07 Å². The first-order valence-electron chi connectivity index (χ1n) is 5.11. The number of H-pyrrole nitrogens is 1. The number of benzene rings is 1. The molecule has 0 aliphatic rings. The molecule has 92 valence electrons. The Hall–Kier alpha value is -1.49. The molecule has 2 nitrogen and oxygen atoms in total. The second-order valence-electron chi connectivity index (χ2n) is 4.51. The molecule has 0 aliphatic heterocycles. The van der Waals surface area contributed by atoms with E-state index in [1.807, 2.05) is 0 Å². The summed E-state index contributed by atoms with van der Waals surface area (Å²) in [6.45, 7) is 3.04. The summed E-state index contributed by atoms with van der Waals surface area (Å²) < 4.78 is 38.2. The van der Waals surface area contributed by atoms with Crippen LogP contribution in [0.15, 0.2) is 24.3 Å². The number of hydrogen-bond donors (Lipinski definition) is 2. The van der Waals surface area contributed by atoms with Gasteiger partial charge in [-0.3, -0.25) is 0 Å². The van der Waals surface area contributed by atoms with E-state index in [2.05, 4.69) is 4.98 Å². The predicted molar refractivity (Wildman–Crippen MR) is 58.5 cm³/mol. The Morgan fingerprint density at radius 3 is 2.35 bits per heavy atom. The van der Waals surface area contributed by atoms with Crippen molar-refractivity contribution in [2.75, 3.05) is 0 Å². The van der Waals surface area contributed by atoms with Crippen LogP contribution in [0.1, 0.15) is 25.1 Å². The largest absolute Gasteiger partial charge is 0.417 e. The fraction of sp³-hybridized carbons (Fsp3) is 0.333. The van der Waals surface area contributed by atoms with E-state index in [0.717, 1.165) is 6.07 Å². The van der Waals surface area contributed by atoms with Gasteiger partial charge in [0.1, 0.15) is 0 Å². The minimum Gasteiger partial charge on any atom is -0.384 e. The monoisotopic (exact) mass is 243 g/mol. The van der Waals surface area contributed by atoms with Crippen LogP contribution in [0.25, 0.3) is 10.9 Å². The van der Waals surface area contributed by atoms with Gasteiger partial charge in [0.2, 0.25) is 0 Å². The first kappa shape index (κ1) is 12.0. The van der Waals surface area contributed by atoms with Crippen molar-refractivity contribution >= 4 is 10.9 Å². The molecule has 0 aliphatic carbocycles. The first-order chi connectivity index (χ1) is 7.69. The molecule has 1 aromatic carbocycles. The minimum atomic E-state index is -4.39. The van der Waals surface area contributed by atoms with Crippen molar-refractivity contribution in [1.29, 1.82) is 0 Å². The summed E-state index contributed by atoms with van der Waals surface area (Å²) in [5, 5.41) is 9.85. The molecule has 1 aromatic heterocycles. The highest BCUT2D eigenvalue weighted by Crippen LogP contribution is 2.36. The maximum absolute atomic E-state index is 12.7. The molecule has 0 amide bonds. The van der Waals surface area contributed by atoms with E-state index in [9.17, 15) is 18.3 Å². The summed E-state index contributed by atoms with van der Waals surface area (Å²) in [7, 11) is 0. The zero-order valence-electron chi connectivity index (χ0n) is 9.39. The number of hydrogen-bond acceptors (Lipinski definition) is 1. The standard InChI is InChI=1S/C12H12F3NO/c1-11(2,17)10-6-7-8(12(13,14)15)4-3-5-9(7)16-10/h3-6,16-17H,1-2H3. The van der Waals surface area contributed by atoms with Gasteiger partial charge in [-0.2, -0.15) is 13.2 Å². The Kier molecular flexibility index (Phi) is 2.47. The number of fused-ring (bicyclic) bond motifs is 1. The molecule has 0 bridgehead atoms. The lowest BCUT2D eigenvalue weighted by Gasteiger charge is -2.14. The lowest BCUT2D eigenvalue weighted by Crippen LogP contribution is -2.15. The smallest absolute Gasteiger partial charge is 0.384 e. The Labute approximate surface area is 96.1 Å². The van der Waals surface area contributed by atoms with Crippen LogP contribution in [-0.2, 0) is 11.8 Å². The van der Waals surface area contributed by atoms with Crippen LogP contribution in [0.4, 0.5) is 13.2 Å². The van der Waals surface area contributed by atoms with Crippen molar-refractivity contribution < 1.29 is 18.3 Å². The molecule has 0 fully saturated rings. The van der Waals surface area contributed by atoms with Gasteiger partial charge in [-0.15, -0.1) is 0 Å². The lowest BCUT2D eigenvalue weighted by atomic mass is 10.0. The average molecular weight is 243 g/mol. The number of nitrogens with one attached hydrogen (secondary N) is 1. The molecule has 0 unspecified atom stereocenters. The van der Waals surface area contributed by atoms with Gasteiger partial charge in [0.05, 0.1) is 11.2 Å². The average Bonchev–Trinajstić information content (AvgIpc) is 2.57. The molecule has 0 radical (unpaired) electrons. The fourth-order valence-electron chi connectivity index (χ4n) is 1.73. The number of aromatic nitrogens is 1. The first-order valence-corrected chi connectivity index (χ1v) is 5.11. The Balaban J connectivity index is 2.70. The van der Waals surface area contributed by atoms with Gasteiger partial charge in [0, 0.05) is 16.6 Å². The molecule has 17 heavy (non-hydrogen) atoms. The number of rotatable bonds is 1. The summed E-state index contributed by atoms with van der Waals surface area (Å²) in [5.41, 5.74) is -1.15. The van der Waals surface area contributed by atoms with Crippen molar-refractivity contribution in [2.45, 2.75) is 25.6 Å². The molecule has 1 heterocycles. The van der Waals surface area contributed by atoms with Crippen LogP contribution in [-0.4, -0.2) is 10.1 Å². The van der Waals surface area contributed by atoms with Crippen LogP contribution in [0.5, 0.6) is 0 Å². The molecule has 5 heteroatoms. The molecule has 0 spiro atoms. The third-order valence-electron chi connectivity index (χ3n) is 2.63. The van der Waals surface area contributed by atoms with E-state index in [4.69, 9.17) is 0 Å². The highest BCUT2D eigenvalue weighted by Gasteiger charge is 2.33. The molecule has 0 atom stereocenters. The lowest BCUT2D eigenvalue weighted by molar-refractivity contribution is -0.136. The van der Waals surface area contributed by atoms with Crippen molar-refractivity contribution in [3.05, 3.63) is 35.5 Å². The maximum Gasteiger partial charge on any atom is 0.417 e. The maximum atomic E-state index is 12.7. The van der Waals surface area contributed by atoms with Gasteiger partial charge in [-0.05, 0) is 32.0 Å². The number of aliphatic hydroxyl groups is 1. The van der Waals surface area contributed by atoms with Gasteiger partial charge in [-0.1, -0.05) is 6.07 Å². The Morgan fingerprint density at radius 1 is 1.18 bits per heavy atom. The summed E-state index contributed by atoms with van der Waals surface area (Å²) in [4.78, 5) is 2.80. The topological polar surface area (TPSA) is 36.0 Å².